The molecule has 0 spiro atoms. The number of hydrogen-bond acceptors (Lipinski definition) is 5. The largest absolute Gasteiger partial charge is 0.466 e. The maximum absolute atomic E-state index is 12.9. The fraction of sp³-hybridized carbons (Fsp3) is 0.550. The molecule has 1 atom stereocenters. The van der Waals surface area contributed by atoms with Crippen LogP contribution in [0, 0.1) is 19.8 Å². The average molecular weight is 358 g/mol. The Morgan fingerprint density at radius 1 is 1.15 bits per heavy atom. The molecule has 1 aromatic rings. The molecule has 6 heteroatoms. The molecule has 0 N–H and O–H groups in total. The summed E-state index contributed by atoms with van der Waals surface area (Å²) in [4.78, 5) is 40.6. The van der Waals surface area contributed by atoms with Gasteiger partial charge in [-0.2, -0.15) is 0 Å². The third-order valence-electron chi connectivity index (χ3n) is 5.46. The van der Waals surface area contributed by atoms with Crippen molar-refractivity contribution in [3.05, 3.63) is 29.3 Å². The lowest BCUT2D eigenvalue weighted by molar-refractivity contribution is -0.149. The van der Waals surface area contributed by atoms with E-state index in [-0.39, 0.29) is 30.1 Å². The van der Waals surface area contributed by atoms with E-state index >= 15 is 0 Å². The molecule has 1 aromatic carbocycles. The van der Waals surface area contributed by atoms with Crippen LogP contribution in [0.25, 0.3) is 0 Å². The van der Waals surface area contributed by atoms with E-state index in [1.165, 1.54) is 4.90 Å². The number of esters is 1. The van der Waals surface area contributed by atoms with Gasteiger partial charge in [0.2, 0.25) is 5.91 Å². The van der Waals surface area contributed by atoms with Gasteiger partial charge in [-0.1, -0.05) is 6.07 Å². The highest BCUT2D eigenvalue weighted by Crippen LogP contribution is 2.29. The van der Waals surface area contributed by atoms with Crippen LogP contribution >= 0.6 is 0 Å². The number of piperidine rings is 1. The van der Waals surface area contributed by atoms with E-state index in [0.29, 0.717) is 38.2 Å². The number of likely N-dealkylation sites (tertiary alicyclic amines) is 1. The van der Waals surface area contributed by atoms with Gasteiger partial charge in [-0.3, -0.25) is 19.3 Å². The Balaban J connectivity index is 1.68. The Bertz CT molecular complexity index is 723. The molecular weight excluding hydrogens is 332 g/mol. The Morgan fingerprint density at radius 2 is 1.85 bits per heavy atom. The average Bonchev–Trinajstić information content (AvgIpc) is 2.92. The molecule has 1 unspecified atom stereocenters. The van der Waals surface area contributed by atoms with Crippen molar-refractivity contribution >= 4 is 23.5 Å². The second-order valence-corrected chi connectivity index (χ2v) is 7.12. The number of amides is 2. The third kappa shape index (κ3) is 3.51. The summed E-state index contributed by atoms with van der Waals surface area (Å²) in [5, 5.41) is 0. The Morgan fingerprint density at radius 3 is 2.46 bits per heavy atom. The number of imide groups is 1. The summed E-state index contributed by atoms with van der Waals surface area (Å²) in [7, 11) is 0. The van der Waals surface area contributed by atoms with Gasteiger partial charge in [-0.05, 0) is 70.0 Å². The third-order valence-corrected chi connectivity index (χ3v) is 5.46. The zero-order chi connectivity index (χ0) is 18.8. The van der Waals surface area contributed by atoms with Gasteiger partial charge >= 0.3 is 5.97 Å². The summed E-state index contributed by atoms with van der Waals surface area (Å²) in [5.41, 5.74) is 2.83. The lowest BCUT2D eigenvalue weighted by atomic mass is 9.95. The van der Waals surface area contributed by atoms with Gasteiger partial charge in [0.05, 0.1) is 30.7 Å². The van der Waals surface area contributed by atoms with Crippen LogP contribution in [0.5, 0.6) is 0 Å². The molecule has 0 bridgehead atoms. The van der Waals surface area contributed by atoms with E-state index in [2.05, 4.69) is 0 Å². The quantitative estimate of drug-likeness (QED) is 0.610. The van der Waals surface area contributed by atoms with Gasteiger partial charge in [-0.15, -0.1) is 0 Å². The van der Waals surface area contributed by atoms with Gasteiger partial charge < -0.3 is 4.74 Å². The normalized spacial score (nSPS) is 22.1. The molecule has 2 saturated heterocycles. The standard InChI is InChI=1S/C20H26N2O4/c1-4-26-20(25)15-7-9-21(10-8-15)17-12-18(23)22(19(17)24)16-6-5-13(2)14(3)11-16/h5-6,11,15,17H,4,7-10,12H2,1-3H3. The predicted molar refractivity (Wildman–Crippen MR) is 97.7 cm³/mol. The maximum Gasteiger partial charge on any atom is 0.309 e. The highest BCUT2D eigenvalue weighted by Gasteiger charge is 2.44. The molecule has 0 aromatic heterocycles. The molecule has 0 radical (unpaired) electrons. The first-order valence-electron chi connectivity index (χ1n) is 9.27. The number of aryl methyl sites for hydroxylation is 2. The van der Waals surface area contributed by atoms with Crippen LogP contribution in [0.3, 0.4) is 0 Å². The minimum atomic E-state index is -0.424. The second-order valence-electron chi connectivity index (χ2n) is 7.12. The first-order chi connectivity index (χ1) is 12.4. The molecule has 2 heterocycles. The summed E-state index contributed by atoms with van der Waals surface area (Å²) in [5.74, 6) is -0.574. The molecule has 2 fully saturated rings. The summed E-state index contributed by atoms with van der Waals surface area (Å²) in [6, 6.07) is 5.23. The van der Waals surface area contributed by atoms with E-state index in [1.807, 2.05) is 36.9 Å². The van der Waals surface area contributed by atoms with Crippen LogP contribution in [0.4, 0.5) is 5.69 Å². The molecule has 6 nitrogen and oxygen atoms in total. The minimum Gasteiger partial charge on any atom is -0.466 e. The second kappa shape index (κ2) is 7.58. The zero-order valence-corrected chi connectivity index (χ0v) is 15.7. The van der Waals surface area contributed by atoms with Gasteiger partial charge in [-0.25, -0.2) is 4.90 Å². The summed E-state index contributed by atoms with van der Waals surface area (Å²) in [6.45, 7) is 7.43. The van der Waals surface area contributed by atoms with Crippen molar-refractivity contribution in [1.82, 2.24) is 4.90 Å². The smallest absolute Gasteiger partial charge is 0.309 e. The lowest BCUT2D eigenvalue weighted by Crippen LogP contribution is -2.47. The van der Waals surface area contributed by atoms with Crippen LogP contribution in [-0.2, 0) is 19.1 Å². The van der Waals surface area contributed by atoms with Crippen LogP contribution < -0.4 is 4.90 Å². The van der Waals surface area contributed by atoms with Crippen molar-refractivity contribution in [2.24, 2.45) is 5.92 Å². The highest BCUT2D eigenvalue weighted by molar-refractivity contribution is 6.22. The van der Waals surface area contributed by atoms with Crippen molar-refractivity contribution in [2.45, 2.75) is 46.1 Å². The molecule has 2 amide bonds. The number of anilines is 1. The van der Waals surface area contributed by atoms with Crippen molar-refractivity contribution in [2.75, 3.05) is 24.6 Å². The van der Waals surface area contributed by atoms with Crippen molar-refractivity contribution in [1.29, 1.82) is 0 Å². The van der Waals surface area contributed by atoms with Crippen molar-refractivity contribution < 1.29 is 19.1 Å². The van der Waals surface area contributed by atoms with Crippen LogP contribution in [0.2, 0.25) is 0 Å². The Labute approximate surface area is 154 Å². The monoisotopic (exact) mass is 358 g/mol. The van der Waals surface area contributed by atoms with Crippen molar-refractivity contribution in [3.63, 3.8) is 0 Å². The van der Waals surface area contributed by atoms with Gasteiger partial charge in [0.25, 0.3) is 5.91 Å². The number of hydrogen-bond donors (Lipinski definition) is 0. The molecule has 26 heavy (non-hydrogen) atoms. The summed E-state index contributed by atoms with van der Waals surface area (Å²) < 4.78 is 5.09. The fourth-order valence-electron chi connectivity index (χ4n) is 3.74. The summed E-state index contributed by atoms with van der Waals surface area (Å²) >= 11 is 0. The Kier molecular flexibility index (Phi) is 5.41. The predicted octanol–water partition coefficient (Wildman–Crippen LogP) is 2.21. The topological polar surface area (TPSA) is 66.9 Å². The number of nitrogens with zero attached hydrogens (tertiary/aromatic N) is 2. The van der Waals surface area contributed by atoms with E-state index in [1.54, 1.807) is 6.92 Å². The molecule has 2 aliphatic rings. The van der Waals surface area contributed by atoms with Crippen molar-refractivity contribution in [3.8, 4) is 0 Å². The van der Waals surface area contributed by atoms with E-state index in [4.69, 9.17) is 4.74 Å². The fourth-order valence-corrected chi connectivity index (χ4v) is 3.74. The van der Waals surface area contributed by atoms with E-state index < -0.39 is 6.04 Å². The van der Waals surface area contributed by atoms with Gasteiger partial charge in [0.15, 0.2) is 0 Å². The maximum atomic E-state index is 12.9. The molecule has 3 rings (SSSR count). The van der Waals surface area contributed by atoms with Crippen LogP contribution in [-0.4, -0.2) is 48.4 Å². The van der Waals surface area contributed by atoms with Crippen LogP contribution in [0.1, 0.15) is 37.3 Å². The van der Waals surface area contributed by atoms with Gasteiger partial charge in [0, 0.05) is 0 Å². The van der Waals surface area contributed by atoms with Gasteiger partial charge in [0.1, 0.15) is 0 Å². The number of carbonyl (C=O) groups excluding carboxylic acids is 3. The molecular formula is C20H26N2O4. The van der Waals surface area contributed by atoms with Crippen LogP contribution in [0.15, 0.2) is 18.2 Å². The first kappa shape index (κ1) is 18.6. The number of rotatable bonds is 4. The van der Waals surface area contributed by atoms with E-state index in [9.17, 15) is 14.4 Å². The zero-order valence-electron chi connectivity index (χ0n) is 15.7. The number of benzene rings is 1. The number of carbonyl (C=O) groups is 3. The lowest BCUT2D eigenvalue weighted by Gasteiger charge is -2.33. The summed E-state index contributed by atoms with van der Waals surface area (Å²) in [6.07, 6.45) is 1.54. The SMILES string of the molecule is CCOC(=O)C1CCN(C2CC(=O)N(c3ccc(C)c(C)c3)C2=O)CC1. The molecule has 2 aliphatic heterocycles. The Hall–Kier alpha value is -2.21. The molecule has 0 saturated carbocycles. The first-order valence-corrected chi connectivity index (χ1v) is 9.27. The minimum absolute atomic E-state index is 0.103. The molecule has 140 valence electrons. The highest BCUT2D eigenvalue weighted by atomic mass is 16.5. The number of ether oxygens (including phenoxy) is 1. The molecule has 0 aliphatic carbocycles. The van der Waals surface area contributed by atoms with E-state index in [0.717, 1.165) is 11.1 Å².